The first kappa shape index (κ1) is 20.7. The molecule has 27 heavy (non-hydrogen) atoms. The number of hydrogen-bond acceptors (Lipinski definition) is 5. The zero-order chi connectivity index (χ0) is 18.4. The van der Waals surface area contributed by atoms with Crippen molar-refractivity contribution in [1.29, 1.82) is 0 Å². The van der Waals surface area contributed by atoms with Crippen LogP contribution in [-0.4, -0.2) is 37.0 Å². The fourth-order valence-corrected chi connectivity index (χ4v) is 2.89. The molecule has 144 valence electrons. The second-order valence-electron chi connectivity index (χ2n) is 6.12. The van der Waals surface area contributed by atoms with Gasteiger partial charge in [-0.15, -0.1) is 12.4 Å². The van der Waals surface area contributed by atoms with Gasteiger partial charge in [0.15, 0.2) is 0 Å². The van der Waals surface area contributed by atoms with Crippen LogP contribution in [0.1, 0.15) is 23.2 Å². The number of pyridine rings is 1. The molecule has 2 heterocycles. The minimum absolute atomic E-state index is 0. The molecule has 1 aliphatic rings. The van der Waals surface area contributed by atoms with Crippen LogP contribution >= 0.6 is 12.4 Å². The maximum atomic E-state index is 12.4. The lowest BCUT2D eigenvalue weighted by Crippen LogP contribution is -2.34. The molecule has 2 amide bonds. The standard InChI is InChI=1S/C19H22N4O3.ClH/c1-26-17-11-15(22-18(24)13-6-9-20-10-7-13)4-5-16(17)23-19(25)14-3-2-8-21-12-14;/h2-5,8,11-13,20H,6-7,9-10H2,1H3,(H,22,24)(H,23,25);1H. The molecule has 1 fully saturated rings. The van der Waals surface area contributed by atoms with Crippen molar-refractivity contribution in [2.24, 2.45) is 5.92 Å². The number of rotatable bonds is 5. The van der Waals surface area contributed by atoms with Gasteiger partial charge in [0, 0.05) is 30.1 Å². The molecule has 0 unspecified atom stereocenters. The third kappa shape index (κ3) is 5.42. The Morgan fingerprint density at radius 3 is 2.63 bits per heavy atom. The molecular weight excluding hydrogens is 368 g/mol. The van der Waals surface area contributed by atoms with Crippen LogP contribution in [0, 0.1) is 5.92 Å². The van der Waals surface area contributed by atoms with Gasteiger partial charge >= 0.3 is 0 Å². The van der Waals surface area contributed by atoms with Crippen LogP contribution in [0.15, 0.2) is 42.7 Å². The quantitative estimate of drug-likeness (QED) is 0.730. The minimum Gasteiger partial charge on any atom is -0.494 e. The van der Waals surface area contributed by atoms with Gasteiger partial charge in [0.05, 0.1) is 18.4 Å². The molecule has 3 rings (SSSR count). The van der Waals surface area contributed by atoms with Crippen LogP contribution in [0.5, 0.6) is 5.75 Å². The Kier molecular flexibility index (Phi) is 7.57. The average Bonchev–Trinajstić information content (AvgIpc) is 2.70. The molecule has 1 aliphatic heterocycles. The van der Waals surface area contributed by atoms with Crippen molar-refractivity contribution in [3.05, 3.63) is 48.3 Å². The number of benzene rings is 1. The van der Waals surface area contributed by atoms with E-state index in [-0.39, 0.29) is 30.1 Å². The number of halogens is 1. The van der Waals surface area contributed by atoms with Crippen molar-refractivity contribution >= 4 is 35.6 Å². The van der Waals surface area contributed by atoms with E-state index in [4.69, 9.17) is 4.74 Å². The normalized spacial score (nSPS) is 14.0. The van der Waals surface area contributed by atoms with Gasteiger partial charge in [-0.25, -0.2) is 0 Å². The zero-order valence-corrected chi connectivity index (χ0v) is 15.8. The number of amides is 2. The molecule has 0 spiro atoms. The number of nitrogens with zero attached hydrogens (tertiary/aromatic N) is 1. The number of anilines is 2. The van der Waals surface area contributed by atoms with Crippen molar-refractivity contribution in [2.75, 3.05) is 30.8 Å². The summed E-state index contributed by atoms with van der Waals surface area (Å²) >= 11 is 0. The van der Waals surface area contributed by atoms with Crippen molar-refractivity contribution in [3.8, 4) is 5.75 Å². The fourth-order valence-electron chi connectivity index (χ4n) is 2.89. The van der Waals surface area contributed by atoms with Crippen molar-refractivity contribution in [2.45, 2.75) is 12.8 Å². The number of carbonyl (C=O) groups excluding carboxylic acids is 2. The number of nitrogens with one attached hydrogen (secondary N) is 3. The number of methoxy groups -OCH3 is 1. The second kappa shape index (κ2) is 9.89. The first-order valence-corrected chi connectivity index (χ1v) is 8.58. The lowest BCUT2D eigenvalue weighted by atomic mass is 9.97. The minimum atomic E-state index is -0.275. The molecule has 7 nitrogen and oxygen atoms in total. The third-order valence-corrected chi connectivity index (χ3v) is 4.35. The molecule has 0 bridgehead atoms. The van der Waals surface area contributed by atoms with Gasteiger partial charge in [-0.3, -0.25) is 14.6 Å². The molecule has 2 aromatic rings. The van der Waals surface area contributed by atoms with Gasteiger partial charge in [-0.1, -0.05) is 0 Å². The van der Waals surface area contributed by atoms with Crippen LogP contribution in [0.2, 0.25) is 0 Å². The Bertz CT molecular complexity index is 780. The summed E-state index contributed by atoms with van der Waals surface area (Å²) < 4.78 is 5.36. The van der Waals surface area contributed by atoms with Gasteiger partial charge in [0.25, 0.3) is 5.91 Å². The Morgan fingerprint density at radius 1 is 1.19 bits per heavy atom. The number of aromatic nitrogens is 1. The summed E-state index contributed by atoms with van der Waals surface area (Å²) in [5.74, 6) is 0.237. The van der Waals surface area contributed by atoms with Crippen molar-refractivity contribution in [3.63, 3.8) is 0 Å². The molecule has 1 saturated heterocycles. The SMILES string of the molecule is COc1cc(NC(=O)C2CCNCC2)ccc1NC(=O)c1cccnc1.Cl. The monoisotopic (exact) mass is 390 g/mol. The molecule has 3 N–H and O–H groups in total. The van der Waals surface area contributed by atoms with Crippen LogP contribution in [0.4, 0.5) is 11.4 Å². The van der Waals surface area contributed by atoms with E-state index in [0.29, 0.717) is 22.7 Å². The highest BCUT2D eigenvalue weighted by molar-refractivity contribution is 6.05. The van der Waals surface area contributed by atoms with E-state index >= 15 is 0 Å². The molecule has 1 aromatic heterocycles. The summed E-state index contributed by atoms with van der Waals surface area (Å²) in [7, 11) is 1.52. The highest BCUT2D eigenvalue weighted by atomic mass is 35.5. The van der Waals surface area contributed by atoms with Crippen LogP contribution in [0.3, 0.4) is 0 Å². The van der Waals surface area contributed by atoms with Crippen molar-refractivity contribution < 1.29 is 14.3 Å². The van der Waals surface area contributed by atoms with Gasteiger partial charge in [0.2, 0.25) is 5.91 Å². The Balaban J connectivity index is 0.00000261. The Morgan fingerprint density at radius 2 is 1.96 bits per heavy atom. The molecule has 0 aliphatic carbocycles. The van der Waals surface area contributed by atoms with Gasteiger partial charge < -0.3 is 20.7 Å². The van der Waals surface area contributed by atoms with Crippen LogP contribution < -0.4 is 20.7 Å². The average molecular weight is 391 g/mol. The topological polar surface area (TPSA) is 92.4 Å². The molecule has 0 saturated carbocycles. The van der Waals surface area contributed by atoms with E-state index < -0.39 is 0 Å². The van der Waals surface area contributed by atoms with Gasteiger partial charge in [0.1, 0.15) is 5.75 Å². The second-order valence-corrected chi connectivity index (χ2v) is 6.12. The van der Waals surface area contributed by atoms with E-state index in [9.17, 15) is 9.59 Å². The zero-order valence-electron chi connectivity index (χ0n) is 15.0. The molecule has 0 radical (unpaired) electrons. The smallest absolute Gasteiger partial charge is 0.257 e. The van der Waals surface area contributed by atoms with E-state index in [2.05, 4.69) is 20.9 Å². The first-order valence-electron chi connectivity index (χ1n) is 8.58. The Labute approximate surface area is 164 Å². The van der Waals surface area contributed by atoms with Gasteiger partial charge in [-0.2, -0.15) is 0 Å². The Hall–Kier alpha value is -2.64. The van der Waals surface area contributed by atoms with E-state index in [1.165, 1.54) is 13.3 Å². The summed E-state index contributed by atoms with van der Waals surface area (Å²) in [5, 5.41) is 8.97. The fraction of sp³-hybridized carbons (Fsp3) is 0.316. The lowest BCUT2D eigenvalue weighted by Gasteiger charge is -2.22. The maximum Gasteiger partial charge on any atom is 0.257 e. The van der Waals surface area contributed by atoms with E-state index in [0.717, 1.165) is 25.9 Å². The first-order chi connectivity index (χ1) is 12.7. The lowest BCUT2D eigenvalue weighted by molar-refractivity contribution is -0.120. The van der Waals surface area contributed by atoms with E-state index in [1.54, 1.807) is 36.5 Å². The summed E-state index contributed by atoms with van der Waals surface area (Å²) in [6.07, 6.45) is 4.77. The molecule has 1 aromatic carbocycles. The molecule has 8 heteroatoms. The van der Waals surface area contributed by atoms with Crippen molar-refractivity contribution in [1.82, 2.24) is 10.3 Å². The molecular formula is C19H23ClN4O3. The highest BCUT2D eigenvalue weighted by Crippen LogP contribution is 2.29. The third-order valence-electron chi connectivity index (χ3n) is 4.35. The summed E-state index contributed by atoms with van der Waals surface area (Å²) in [4.78, 5) is 28.6. The largest absolute Gasteiger partial charge is 0.494 e. The summed E-state index contributed by atoms with van der Waals surface area (Å²) in [6, 6.07) is 8.55. The van der Waals surface area contributed by atoms with Crippen LogP contribution in [-0.2, 0) is 4.79 Å². The number of carbonyl (C=O) groups is 2. The number of hydrogen-bond donors (Lipinski definition) is 3. The number of ether oxygens (including phenoxy) is 1. The van der Waals surface area contributed by atoms with E-state index in [1.807, 2.05) is 0 Å². The number of piperidine rings is 1. The maximum absolute atomic E-state index is 12.4. The molecule has 0 atom stereocenters. The highest BCUT2D eigenvalue weighted by Gasteiger charge is 2.21. The summed E-state index contributed by atoms with van der Waals surface area (Å²) in [5.41, 5.74) is 1.63. The predicted molar refractivity (Wildman–Crippen MR) is 107 cm³/mol. The van der Waals surface area contributed by atoms with Gasteiger partial charge in [-0.05, 0) is 50.2 Å². The summed E-state index contributed by atoms with van der Waals surface area (Å²) in [6.45, 7) is 1.72. The predicted octanol–water partition coefficient (Wildman–Crippen LogP) is 2.70. The van der Waals surface area contributed by atoms with Crippen LogP contribution in [0.25, 0.3) is 0 Å².